The van der Waals surface area contributed by atoms with Gasteiger partial charge in [-0.15, -0.1) is 0 Å². The number of ether oxygens (including phenoxy) is 10. The lowest BCUT2D eigenvalue weighted by Crippen LogP contribution is -2.70. The van der Waals surface area contributed by atoms with Gasteiger partial charge in [0.1, 0.15) is 28.8 Å². The Morgan fingerprint density at radius 2 is 0.733 bits per heavy atom. The summed E-state index contributed by atoms with van der Waals surface area (Å²) < 4.78 is 56.4. The van der Waals surface area contributed by atoms with Gasteiger partial charge in [-0.2, -0.15) is 0 Å². The van der Waals surface area contributed by atoms with Crippen molar-refractivity contribution in [1.82, 2.24) is 21.3 Å². The number of carbonyl (C=O) groups excluding carboxylic acids is 5. The Morgan fingerprint density at radius 1 is 0.450 bits per heavy atom. The Hall–Kier alpha value is -3.95. The minimum Gasteiger partial charge on any atom is -0.467 e. The zero-order valence-corrected chi connectivity index (χ0v) is 36.0. The molecule has 0 heterocycles. The van der Waals surface area contributed by atoms with Crippen LogP contribution in [0.2, 0.25) is 0 Å². The number of hydrogen-bond acceptors (Lipinski definition) is 15. The SMILES string of the molecule is COC(=O)C1(NC(=O)C2(NC(=O)C3(NC(=O)C4(NC(=O)OCc5ccccc5)C[C@H](OC)[C@@H](OC)C4)C[C@H](OC)[C@@H](OC)C3)C[C@H](OC)[C@@H](OC)C2)C[C@H](OC)[C@@H](OC)C1. The van der Waals surface area contributed by atoms with E-state index in [1.807, 2.05) is 18.2 Å². The topological polar surface area (TPSA) is 226 Å². The van der Waals surface area contributed by atoms with E-state index in [-0.39, 0.29) is 58.0 Å². The maximum Gasteiger partial charge on any atom is 0.408 e. The number of esters is 1. The van der Waals surface area contributed by atoms with Crippen molar-refractivity contribution in [1.29, 1.82) is 0 Å². The van der Waals surface area contributed by atoms with E-state index in [1.54, 1.807) is 12.1 Å². The Kier molecular flexibility index (Phi) is 15.6. The fraction of sp³-hybridized carbons (Fsp3) is 0.732. The van der Waals surface area contributed by atoms with Gasteiger partial charge in [-0.3, -0.25) is 14.4 Å². The Balaban J connectivity index is 1.51. The molecular formula is C41H62N4O15. The van der Waals surface area contributed by atoms with E-state index in [0.717, 1.165) is 5.56 Å². The van der Waals surface area contributed by atoms with Crippen molar-refractivity contribution >= 4 is 29.8 Å². The second-order valence-electron chi connectivity index (χ2n) is 16.2. The Bertz CT molecular complexity index is 1620. The highest BCUT2D eigenvalue weighted by Crippen LogP contribution is 2.42. The Morgan fingerprint density at radius 3 is 1.03 bits per heavy atom. The van der Waals surface area contributed by atoms with Crippen molar-refractivity contribution in [2.45, 2.75) is 129 Å². The third-order valence-electron chi connectivity index (χ3n) is 13.0. The molecule has 4 fully saturated rings. The maximum atomic E-state index is 15.2. The van der Waals surface area contributed by atoms with Gasteiger partial charge in [0.15, 0.2) is 0 Å². The van der Waals surface area contributed by atoms with Gasteiger partial charge < -0.3 is 68.6 Å². The summed E-state index contributed by atoms with van der Waals surface area (Å²) in [6, 6.07) is 9.05. The number of carbonyl (C=O) groups is 5. The first-order valence-corrected chi connectivity index (χ1v) is 20.0. The molecule has 5 rings (SSSR count). The Labute approximate surface area is 350 Å². The fourth-order valence-electron chi connectivity index (χ4n) is 9.53. The average molecular weight is 851 g/mol. The van der Waals surface area contributed by atoms with Gasteiger partial charge in [0.2, 0.25) is 17.7 Å². The number of nitrogens with one attached hydrogen (secondary N) is 4. The van der Waals surface area contributed by atoms with Crippen molar-refractivity contribution < 1.29 is 71.3 Å². The van der Waals surface area contributed by atoms with Crippen LogP contribution in [-0.4, -0.2) is 165 Å². The highest BCUT2D eigenvalue weighted by atomic mass is 16.6. The largest absolute Gasteiger partial charge is 0.467 e. The van der Waals surface area contributed by atoms with Gasteiger partial charge in [-0.25, -0.2) is 9.59 Å². The van der Waals surface area contributed by atoms with E-state index in [4.69, 9.17) is 47.4 Å². The summed E-state index contributed by atoms with van der Waals surface area (Å²) in [5.41, 5.74) is -6.03. The smallest absolute Gasteiger partial charge is 0.408 e. The molecule has 4 amide bonds. The third-order valence-corrected chi connectivity index (χ3v) is 13.0. The first-order valence-electron chi connectivity index (χ1n) is 20.0. The van der Waals surface area contributed by atoms with E-state index >= 15 is 4.79 Å². The first-order chi connectivity index (χ1) is 28.7. The molecule has 19 nitrogen and oxygen atoms in total. The van der Waals surface area contributed by atoms with Crippen molar-refractivity contribution in [3.05, 3.63) is 35.9 Å². The molecule has 4 N–H and O–H groups in total. The summed E-state index contributed by atoms with van der Waals surface area (Å²) in [6.07, 6.45) is -6.13. The molecule has 8 atom stereocenters. The second kappa shape index (κ2) is 19.8. The minimum atomic E-state index is -1.77. The van der Waals surface area contributed by atoms with Crippen molar-refractivity contribution in [2.24, 2.45) is 0 Å². The van der Waals surface area contributed by atoms with Crippen LogP contribution in [0.25, 0.3) is 0 Å². The van der Waals surface area contributed by atoms with Gasteiger partial charge in [-0.1, -0.05) is 30.3 Å². The number of rotatable bonds is 18. The monoisotopic (exact) mass is 850 g/mol. The predicted molar refractivity (Wildman–Crippen MR) is 210 cm³/mol. The van der Waals surface area contributed by atoms with Crippen LogP contribution in [0.4, 0.5) is 4.79 Å². The van der Waals surface area contributed by atoms with Crippen LogP contribution >= 0.6 is 0 Å². The molecule has 0 bridgehead atoms. The molecule has 0 saturated heterocycles. The summed E-state index contributed by atoms with van der Waals surface area (Å²) in [6.45, 7) is -0.0617. The molecule has 336 valence electrons. The molecular weight excluding hydrogens is 788 g/mol. The maximum absolute atomic E-state index is 15.2. The van der Waals surface area contributed by atoms with E-state index < -0.39 is 101 Å². The zero-order chi connectivity index (χ0) is 43.9. The number of hydrogen-bond donors (Lipinski definition) is 4. The molecule has 0 unspecified atom stereocenters. The molecule has 0 aliphatic heterocycles. The normalized spacial score (nSPS) is 29.7. The van der Waals surface area contributed by atoms with Gasteiger partial charge >= 0.3 is 12.1 Å². The molecule has 1 aromatic carbocycles. The van der Waals surface area contributed by atoms with E-state index in [9.17, 15) is 19.2 Å². The van der Waals surface area contributed by atoms with Crippen LogP contribution in [0.5, 0.6) is 0 Å². The van der Waals surface area contributed by atoms with Gasteiger partial charge in [-0.05, 0) is 5.56 Å². The third kappa shape index (κ3) is 9.42. The van der Waals surface area contributed by atoms with Crippen LogP contribution < -0.4 is 21.3 Å². The molecule has 4 aliphatic rings. The van der Waals surface area contributed by atoms with Crippen LogP contribution in [0.1, 0.15) is 56.9 Å². The molecule has 60 heavy (non-hydrogen) atoms. The minimum absolute atomic E-state index is 0.0225. The summed E-state index contributed by atoms with van der Waals surface area (Å²) in [4.78, 5) is 72.1. The molecule has 1 aromatic rings. The highest BCUT2D eigenvalue weighted by molar-refractivity contribution is 6.01. The molecule has 4 aliphatic carbocycles. The molecule has 19 heteroatoms. The lowest BCUT2D eigenvalue weighted by atomic mass is 9.87. The highest BCUT2D eigenvalue weighted by Gasteiger charge is 2.62. The van der Waals surface area contributed by atoms with Crippen LogP contribution in [-0.2, 0) is 73.2 Å². The average Bonchev–Trinajstić information content (AvgIpc) is 4.03. The van der Waals surface area contributed by atoms with Gasteiger partial charge in [0.25, 0.3) is 0 Å². The number of methoxy groups -OCH3 is 9. The number of benzene rings is 1. The van der Waals surface area contributed by atoms with Crippen LogP contribution in [0.3, 0.4) is 0 Å². The quantitative estimate of drug-likeness (QED) is 0.149. The lowest BCUT2D eigenvalue weighted by Gasteiger charge is -2.39. The van der Waals surface area contributed by atoms with Gasteiger partial charge in [0.05, 0.1) is 55.9 Å². The van der Waals surface area contributed by atoms with Crippen molar-refractivity contribution in [2.75, 3.05) is 64.0 Å². The summed E-state index contributed by atoms with van der Waals surface area (Å²) in [5, 5.41) is 11.7. The standard InChI is InChI=1S/C41H62N4O15/c1-51-25-15-38(16-26(25)52-2,43-35(48)40(19-29(55-5)30(20-40)56-6)45-37(50)60-23-24-13-11-10-12-14-24)33(46)42-39(17-27(53-3)28(18-39)54-4)34(47)44-41(36(49)59-9)21-31(57-7)32(22-41)58-8/h10-14,25-32H,15-23H2,1-9H3,(H,42,46)(H,43,48)(H,44,47)(H,45,50)/t25-,26-,27-,28-,29-,30-,31-,32-/m0/s1. The predicted octanol–water partition coefficient (Wildman–Crippen LogP) is 0.685. The molecule has 4 saturated carbocycles. The zero-order valence-electron chi connectivity index (χ0n) is 36.0. The lowest BCUT2D eigenvalue weighted by molar-refractivity contribution is -0.153. The van der Waals surface area contributed by atoms with Crippen LogP contribution in [0.15, 0.2) is 30.3 Å². The molecule has 0 aromatic heterocycles. The fourth-order valence-corrected chi connectivity index (χ4v) is 9.53. The number of amides is 4. The second-order valence-corrected chi connectivity index (χ2v) is 16.2. The molecule has 0 spiro atoms. The van der Waals surface area contributed by atoms with E-state index in [1.165, 1.54) is 64.0 Å². The van der Waals surface area contributed by atoms with Gasteiger partial charge in [0, 0.05) is 108 Å². The van der Waals surface area contributed by atoms with Crippen LogP contribution in [0, 0.1) is 0 Å². The first kappa shape index (κ1) is 47.1. The number of alkyl carbamates (subject to hydrolysis) is 1. The molecule has 0 radical (unpaired) electrons. The van der Waals surface area contributed by atoms with Crippen molar-refractivity contribution in [3.63, 3.8) is 0 Å². The summed E-state index contributed by atoms with van der Waals surface area (Å²) >= 11 is 0. The summed E-state index contributed by atoms with van der Waals surface area (Å²) in [7, 11) is 13.0. The summed E-state index contributed by atoms with van der Waals surface area (Å²) in [5.74, 6) is -2.88. The van der Waals surface area contributed by atoms with E-state index in [0.29, 0.717) is 0 Å². The van der Waals surface area contributed by atoms with E-state index in [2.05, 4.69) is 21.3 Å². The van der Waals surface area contributed by atoms with Crippen molar-refractivity contribution in [3.8, 4) is 0 Å².